The smallest absolute Gasteiger partial charge is 0.191 e. The van der Waals surface area contributed by atoms with Gasteiger partial charge in [-0.2, -0.15) is 0 Å². The zero-order valence-electron chi connectivity index (χ0n) is 15.7. The van der Waals surface area contributed by atoms with Gasteiger partial charge in [0.05, 0.1) is 12.2 Å². The number of benzene rings is 1. The van der Waals surface area contributed by atoms with Crippen LogP contribution in [0, 0.1) is 5.82 Å². The number of aliphatic imine (C=N–C) groups is 1. The van der Waals surface area contributed by atoms with Crippen molar-refractivity contribution in [3.05, 3.63) is 65.7 Å². The molecule has 1 aliphatic carbocycles. The van der Waals surface area contributed by atoms with Crippen molar-refractivity contribution in [1.82, 2.24) is 15.6 Å². The van der Waals surface area contributed by atoms with E-state index in [4.69, 9.17) is 0 Å². The van der Waals surface area contributed by atoms with E-state index < -0.39 is 0 Å². The van der Waals surface area contributed by atoms with Crippen molar-refractivity contribution in [3.8, 4) is 0 Å². The molecule has 1 saturated carbocycles. The van der Waals surface area contributed by atoms with E-state index in [9.17, 15) is 4.39 Å². The highest BCUT2D eigenvalue weighted by atomic mass is 127. The fourth-order valence-electron chi connectivity index (χ4n) is 3.67. The topological polar surface area (TPSA) is 49.3 Å². The van der Waals surface area contributed by atoms with Crippen molar-refractivity contribution >= 4 is 29.9 Å². The van der Waals surface area contributed by atoms with Gasteiger partial charge in [-0.15, -0.1) is 24.0 Å². The zero-order valence-corrected chi connectivity index (χ0v) is 18.1. The predicted octanol–water partition coefficient (Wildman–Crippen LogP) is 4.41. The average Bonchev–Trinajstić information content (AvgIpc) is 3.15. The molecule has 1 heterocycles. The van der Waals surface area contributed by atoms with Gasteiger partial charge in [0.2, 0.25) is 0 Å². The van der Waals surface area contributed by atoms with Crippen molar-refractivity contribution in [2.24, 2.45) is 4.99 Å². The standard InChI is InChI=1S/C21H27FN4.HI/c1-2-23-20(25-15-19-7-3-6-14-24-19)26-16-21(12-4-5-13-21)17-8-10-18(22)11-9-17;/h3,6-11,14H,2,4-5,12-13,15-16H2,1H3,(H2,23,25,26);1H. The first kappa shape index (κ1) is 21.6. The molecule has 146 valence electrons. The van der Waals surface area contributed by atoms with Crippen molar-refractivity contribution in [3.63, 3.8) is 0 Å². The van der Waals surface area contributed by atoms with Gasteiger partial charge in [0.15, 0.2) is 5.96 Å². The van der Waals surface area contributed by atoms with Crippen molar-refractivity contribution in [1.29, 1.82) is 0 Å². The number of aromatic nitrogens is 1. The van der Waals surface area contributed by atoms with Crippen LogP contribution >= 0.6 is 24.0 Å². The quantitative estimate of drug-likeness (QED) is 0.365. The number of nitrogens with one attached hydrogen (secondary N) is 2. The molecule has 0 bridgehead atoms. The molecule has 0 atom stereocenters. The van der Waals surface area contributed by atoms with E-state index in [0.717, 1.165) is 37.6 Å². The van der Waals surface area contributed by atoms with E-state index in [1.807, 2.05) is 30.3 Å². The molecule has 0 spiro atoms. The maximum absolute atomic E-state index is 13.3. The van der Waals surface area contributed by atoms with Gasteiger partial charge >= 0.3 is 0 Å². The van der Waals surface area contributed by atoms with Crippen LogP contribution < -0.4 is 10.6 Å². The van der Waals surface area contributed by atoms with Crippen LogP contribution in [0.2, 0.25) is 0 Å². The Kier molecular flexibility index (Phi) is 8.47. The third-order valence-corrected chi connectivity index (χ3v) is 5.08. The van der Waals surface area contributed by atoms with E-state index >= 15 is 0 Å². The second kappa shape index (κ2) is 10.6. The van der Waals surface area contributed by atoms with Gasteiger partial charge in [-0.05, 0) is 49.6 Å². The summed E-state index contributed by atoms with van der Waals surface area (Å²) in [6, 6.07) is 12.8. The monoisotopic (exact) mass is 482 g/mol. The third kappa shape index (κ3) is 5.89. The molecule has 2 N–H and O–H groups in total. The number of pyridine rings is 1. The van der Waals surface area contributed by atoms with Gasteiger partial charge in [-0.1, -0.05) is 31.0 Å². The van der Waals surface area contributed by atoms with Crippen LogP contribution in [0.15, 0.2) is 53.7 Å². The molecule has 1 aromatic carbocycles. The van der Waals surface area contributed by atoms with Gasteiger partial charge in [-0.25, -0.2) is 9.38 Å². The van der Waals surface area contributed by atoms with Gasteiger partial charge in [-0.3, -0.25) is 4.98 Å². The second-order valence-corrected chi connectivity index (χ2v) is 6.86. The summed E-state index contributed by atoms with van der Waals surface area (Å²) in [6.07, 6.45) is 6.44. The predicted molar refractivity (Wildman–Crippen MR) is 119 cm³/mol. The summed E-state index contributed by atoms with van der Waals surface area (Å²) in [7, 11) is 0. The minimum absolute atomic E-state index is 0. The largest absolute Gasteiger partial charge is 0.357 e. The van der Waals surface area contributed by atoms with E-state index in [2.05, 4.69) is 27.5 Å². The van der Waals surface area contributed by atoms with Crippen LogP contribution in [0.3, 0.4) is 0 Å². The Bertz CT molecular complexity index is 713. The number of hydrogen-bond acceptors (Lipinski definition) is 2. The van der Waals surface area contributed by atoms with Crippen molar-refractivity contribution < 1.29 is 4.39 Å². The van der Waals surface area contributed by atoms with Crippen LogP contribution in [-0.2, 0) is 12.0 Å². The Morgan fingerprint density at radius 1 is 1.11 bits per heavy atom. The molecule has 0 amide bonds. The van der Waals surface area contributed by atoms with Crippen LogP contribution in [0.1, 0.15) is 43.9 Å². The SMILES string of the molecule is CCNC(=NCc1ccccn1)NCC1(c2ccc(F)cc2)CCCC1.I. The Labute approximate surface area is 178 Å². The first-order chi connectivity index (χ1) is 12.7. The lowest BCUT2D eigenvalue weighted by Gasteiger charge is -2.31. The number of hydrogen-bond donors (Lipinski definition) is 2. The first-order valence-corrected chi connectivity index (χ1v) is 9.40. The van der Waals surface area contributed by atoms with Gasteiger partial charge in [0, 0.05) is 24.7 Å². The minimum Gasteiger partial charge on any atom is -0.357 e. The summed E-state index contributed by atoms with van der Waals surface area (Å²) in [4.78, 5) is 8.98. The molecule has 0 saturated heterocycles. The highest BCUT2D eigenvalue weighted by molar-refractivity contribution is 14.0. The molecule has 0 unspecified atom stereocenters. The summed E-state index contributed by atoms with van der Waals surface area (Å²) in [5, 5.41) is 6.81. The Balaban J connectivity index is 0.00000261. The number of nitrogens with zero attached hydrogens (tertiary/aromatic N) is 2. The van der Waals surface area contributed by atoms with E-state index in [0.29, 0.717) is 6.54 Å². The number of guanidine groups is 1. The molecule has 0 aliphatic heterocycles. The highest BCUT2D eigenvalue weighted by Gasteiger charge is 2.35. The van der Waals surface area contributed by atoms with Crippen molar-refractivity contribution in [2.45, 2.75) is 44.6 Å². The molecule has 1 fully saturated rings. The summed E-state index contributed by atoms with van der Waals surface area (Å²) in [5.74, 6) is 0.617. The minimum atomic E-state index is -0.180. The zero-order chi connectivity index (χ0) is 18.2. The van der Waals surface area contributed by atoms with Crippen LogP contribution in [-0.4, -0.2) is 24.0 Å². The van der Waals surface area contributed by atoms with Gasteiger partial charge < -0.3 is 10.6 Å². The van der Waals surface area contributed by atoms with Crippen LogP contribution in [0.25, 0.3) is 0 Å². The van der Waals surface area contributed by atoms with E-state index in [1.54, 1.807) is 18.3 Å². The number of rotatable bonds is 6. The van der Waals surface area contributed by atoms with E-state index in [1.165, 1.54) is 18.4 Å². The van der Waals surface area contributed by atoms with Crippen molar-refractivity contribution in [2.75, 3.05) is 13.1 Å². The van der Waals surface area contributed by atoms with Crippen LogP contribution in [0.5, 0.6) is 0 Å². The summed E-state index contributed by atoms with van der Waals surface area (Å²) in [6.45, 7) is 4.20. The molecule has 4 nitrogen and oxygen atoms in total. The fourth-order valence-corrected chi connectivity index (χ4v) is 3.67. The molecule has 2 aromatic rings. The number of halogens is 2. The van der Waals surface area contributed by atoms with E-state index in [-0.39, 0.29) is 35.2 Å². The lowest BCUT2D eigenvalue weighted by molar-refractivity contribution is 0.431. The molecule has 27 heavy (non-hydrogen) atoms. The molecule has 6 heteroatoms. The Morgan fingerprint density at radius 3 is 2.48 bits per heavy atom. The molecular formula is C21H28FIN4. The lowest BCUT2D eigenvalue weighted by Crippen LogP contribution is -2.44. The normalized spacial score (nSPS) is 15.9. The molecule has 1 aliphatic rings. The highest BCUT2D eigenvalue weighted by Crippen LogP contribution is 2.40. The van der Waals surface area contributed by atoms with Gasteiger partial charge in [0.25, 0.3) is 0 Å². The molecule has 1 aromatic heterocycles. The summed E-state index contributed by atoms with van der Waals surface area (Å²) < 4.78 is 13.3. The molecule has 0 radical (unpaired) electrons. The van der Waals surface area contributed by atoms with Crippen LogP contribution in [0.4, 0.5) is 4.39 Å². The van der Waals surface area contributed by atoms with Gasteiger partial charge in [0.1, 0.15) is 5.82 Å². The Hall–Kier alpha value is -1.70. The average molecular weight is 482 g/mol. The third-order valence-electron chi connectivity index (χ3n) is 5.08. The molecule has 3 rings (SSSR count). The second-order valence-electron chi connectivity index (χ2n) is 6.86. The Morgan fingerprint density at radius 2 is 1.85 bits per heavy atom. The first-order valence-electron chi connectivity index (χ1n) is 9.40. The maximum Gasteiger partial charge on any atom is 0.191 e. The summed E-state index contributed by atoms with van der Waals surface area (Å²) in [5.41, 5.74) is 2.21. The fraction of sp³-hybridized carbons (Fsp3) is 0.429. The lowest BCUT2D eigenvalue weighted by atomic mass is 9.79. The molecular weight excluding hydrogens is 454 g/mol. The maximum atomic E-state index is 13.3. The summed E-state index contributed by atoms with van der Waals surface area (Å²) >= 11 is 0.